The second-order valence-electron chi connectivity index (χ2n) is 9.32. The second-order valence-corrected chi connectivity index (χ2v) is 11.6. The highest BCUT2D eigenvalue weighted by atomic mass is 35.5. The minimum Gasteiger partial charge on any atom is -0.321 e. The number of sulfonamides is 1. The summed E-state index contributed by atoms with van der Waals surface area (Å²) in [5, 5.41) is 3.45. The first-order valence-electron chi connectivity index (χ1n) is 12.7. The first kappa shape index (κ1) is 27.2. The van der Waals surface area contributed by atoms with Crippen molar-refractivity contribution in [2.24, 2.45) is 0 Å². The lowest BCUT2D eigenvalue weighted by Gasteiger charge is -2.26. The third-order valence-electron chi connectivity index (χ3n) is 6.57. The van der Waals surface area contributed by atoms with E-state index >= 15 is 0 Å². The van der Waals surface area contributed by atoms with Crippen LogP contribution in [0, 0.1) is 6.92 Å². The predicted molar refractivity (Wildman–Crippen MR) is 162 cm³/mol. The molecule has 5 aromatic carbocycles. The Morgan fingerprint density at radius 3 is 2.10 bits per heavy atom. The van der Waals surface area contributed by atoms with Crippen LogP contribution in [0.4, 0.5) is 11.4 Å². The summed E-state index contributed by atoms with van der Waals surface area (Å²) in [6, 6.07) is 37.9. The predicted octanol–water partition coefficient (Wildman–Crippen LogP) is 7.96. The van der Waals surface area contributed by atoms with Gasteiger partial charge in [0.25, 0.3) is 15.9 Å². The molecule has 0 atom stereocenters. The van der Waals surface area contributed by atoms with Crippen LogP contribution in [-0.2, 0) is 16.6 Å². The molecule has 0 aliphatic rings. The quantitative estimate of drug-likeness (QED) is 0.207. The molecule has 200 valence electrons. The maximum Gasteiger partial charge on any atom is 0.264 e. The summed E-state index contributed by atoms with van der Waals surface area (Å²) in [7, 11) is -3.89. The fraction of sp³-hybridized carbons (Fsp3) is 0.0606. The molecule has 0 aliphatic carbocycles. The van der Waals surface area contributed by atoms with Gasteiger partial charge in [-0.2, -0.15) is 0 Å². The van der Waals surface area contributed by atoms with E-state index < -0.39 is 10.0 Å². The van der Waals surface area contributed by atoms with Crippen LogP contribution >= 0.6 is 11.6 Å². The zero-order valence-corrected chi connectivity index (χ0v) is 23.4. The maximum atomic E-state index is 13.7. The Hall–Kier alpha value is -4.39. The first-order chi connectivity index (χ1) is 19.3. The summed E-state index contributed by atoms with van der Waals surface area (Å²) in [6.45, 7) is 1.91. The van der Waals surface area contributed by atoms with Gasteiger partial charge in [0.2, 0.25) is 0 Å². The van der Waals surface area contributed by atoms with Crippen molar-refractivity contribution in [3.63, 3.8) is 0 Å². The summed E-state index contributed by atoms with van der Waals surface area (Å²) in [4.78, 5) is 13.3. The number of carbonyl (C=O) groups is 1. The van der Waals surface area contributed by atoms with Crippen molar-refractivity contribution in [2.75, 3.05) is 9.62 Å². The number of benzene rings is 5. The van der Waals surface area contributed by atoms with Crippen molar-refractivity contribution < 1.29 is 13.2 Å². The summed E-state index contributed by atoms with van der Waals surface area (Å²) in [5.74, 6) is -0.255. The number of anilines is 2. The van der Waals surface area contributed by atoms with Gasteiger partial charge in [-0.1, -0.05) is 96.5 Å². The molecule has 7 heteroatoms. The summed E-state index contributed by atoms with van der Waals surface area (Å²) in [5.41, 5.74) is 5.09. The molecule has 5 nitrogen and oxygen atoms in total. The molecule has 0 heterocycles. The smallest absolute Gasteiger partial charge is 0.264 e. The second kappa shape index (κ2) is 11.8. The molecule has 5 aromatic rings. The number of halogens is 1. The Morgan fingerprint density at radius 2 is 1.40 bits per heavy atom. The van der Waals surface area contributed by atoms with Crippen LogP contribution in [0.2, 0.25) is 5.02 Å². The van der Waals surface area contributed by atoms with Crippen molar-refractivity contribution in [1.82, 2.24) is 0 Å². The van der Waals surface area contributed by atoms with Gasteiger partial charge in [0.05, 0.1) is 17.1 Å². The number of amides is 1. The number of hydrogen-bond donors (Lipinski definition) is 1. The number of para-hydroxylation sites is 1. The number of nitrogens with one attached hydrogen (secondary N) is 1. The number of rotatable bonds is 8. The molecular weight excluding hydrogens is 540 g/mol. The monoisotopic (exact) mass is 566 g/mol. The molecule has 1 N–H and O–H groups in total. The molecule has 1 amide bonds. The van der Waals surface area contributed by atoms with E-state index in [2.05, 4.69) is 5.32 Å². The highest BCUT2D eigenvalue weighted by Gasteiger charge is 2.26. The Bertz CT molecular complexity index is 1740. The normalized spacial score (nSPS) is 11.2. The number of carbonyl (C=O) groups excluding carboxylic acids is 1. The van der Waals surface area contributed by atoms with Crippen molar-refractivity contribution >= 4 is 38.9 Å². The summed E-state index contributed by atoms with van der Waals surface area (Å²) >= 11 is 6.27. The van der Waals surface area contributed by atoms with Gasteiger partial charge in [-0.05, 0) is 66.1 Å². The standard InChI is InChI=1S/C33H27ClN2O3S/c1-24-16-21-28(34)22-32(24)36(40(38,39)29-12-6-3-7-13-29)23-25-17-19-27(20-18-25)33(37)35-31-15-9-8-14-30(31)26-10-4-2-5-11-26/h2-22H,23H2,1H3,(H,35,37). The van der Waals surface area contributed by atoms with E-state index in [1.807, 2.05) is 61.5 Å². The Balaban J connectivity index is 1.41. The fourth-order valence-electron chi connectivity index (χ4n) is 4.45. The summed E-state index contributed by atoms with van der Waals surface area (Å²) in [6.07, 6.45) is 0. The van der Waals surface area contributed by atoms with Crippen LogP contribution in [0.1, 0.15) is 21.5 Å². The van der Waals surface area contributed by atoms with E-state index in [1.54, 1.807) is 72.8 Å². The van der Waals surface area contributed by atoms with Crippen LogP contribution in [0.25, 0.3) is 11.1 Å². The van der Waals surface area contributed by atoms with Crippen LogP contribution in [0.5, 0.6) is 0 Å². The molecule has 0 aliphatic heterocycles. The number of aryl methyl sites for hydroxylation is 1. The van der Waals surface area contributed by atoms with Gasteiger partial charge in [0.15, 0.2) is 0 Å². The first-order valence-corrected chi connectivity index (χ1v) is 14.5. The van der Waals surface area contributed by atoms with Crippen molar-refractivity contribution in [2.45, 2.75) is 18.4 Å². The molecule has 0 fully saturated rings. The van der Waals surface area contributed by atoms with Gasteiger partial charge in [-0.15, -0.1) is 0 Å². The largest absolute Gasteiger partial charge is 0.321 e. The van der Waals surface area contributed by atoms with E-state index in [4.69, 9.17) is 11.6 Å². The highest BCUT2D eigenvalue weighted by Crippen LogP contribution is 2.32. The maximum absolute atomic E-state index is 13.7. The Morgan fingerprint density at radius 1 is 0.775 bits per heavy atom. The molecule has 0 aromatic heterocycles. The SMILES string of the molecule is Cc1ccc(Cl)cc1N(Cc1ccc(C(=O)Nc2ccccc2-c2ccccc2)cc1)S(=O)(=O)c1ccccc1. The van der Waals surface area contributed by atoms with Gasteiger partial charge in [0.1, 0.15) is 0 Å². The van der Waals surface area contributed by atoms with Crippen LogP contribution in [0.15, 0.2) is 132 Å². The van der Waals surface area contributed by atoms with E-state index in [-0.39, 0.29) is 17.3 Å². The number of hydrogen-bond acceptors (Lipinski definition) is 3. The van der Waals surface area contributed by atoms with Gasteiger partial charge in [0, 0.05) is 21.8 Å². The van der Waals surface area contributed by atoms with Gasteiger partial charge in [-0.3, -0.25) is 9.10 Å². The van der Waals surface area contributed by atoms with E-state index in [0.717, 1.165) is 22.3 Å². The molecule has 40 heavy (non-hydrogen) atoms. The third kappa shape index (κ3) is 5.93. The molecule has 5 rings (SSSR count). The average molecular weight is 567 g/mol. The van der Waals surface area contributed by atoms with E-state index in [1.165, 1.54) is 4.31 Å². The molecular formula is C33H27ClN2O3S. The van der Waals surface area contributed by atoms with Crippen LogP contribution in [0.3, 0.4) is 0 Å². The number of nitrogens with zero attached hydrogens (tertiary/aromatic N) is 1. The van der Waals surface area contributed by atoms with Crippen molar-refractivity contribution in [3.05, 3.63) is 149 Å². The van der Waals surface area contributed by atoms with Crippen molar-refractivity contribution in [1.29, 1.82) is 0 Å². The van der Waals surface area contributed by atoms with E-state index in [9.17, 15) is 13.2 Å². The Labute approximate surface area is 239 Å². The lowest BCUT2D eigenvalue weighted by atomic mass is 10.0. The molecule has 0 unspecified atom stereocenters. The van der Waals surface area contributed by atoms with E-state index in [0.29, 0.717) is 22.0 Å². The minimum atomic E-state index is -3.89. The molecule has 0 radical (unpaired) electrons. The minimum absolute atomic E-state index is 0.0666. The van der Waals surface area contributed by atoms with Gasteiger partial charge >= 0.3 is 0 Å². The molecule has 0 saturated carbocycles. The van der Waals surface area contributed by atoms with Crippen molar-refractivity contribution in [3.8, 4) is 11.1 Å². The molecule has 0 bridgehead atoms. The van der Waals surface area contributed by atoms with Gasteiger partial charge < -0.3 is 5.32 Å². The lowest BCUT2D eigenvalue weighted by molar-refractivity contribution is 0.102. The van der Waals surface area contributed by atoms with Crippen LogP contribution in [-0.4, -0.2) is 14.3 Å². The topological polar surface area (TPSA) is 66.5 Å². The molecule has 0 saturated heterocycles. The van der Waals surface area contributed by atoms with Gasteiger partial charge in [-0.25, -0.2) is 8.42 Å². The van der Waals surface area contributed by atoms with Crippen LogP contribution < -0.4 is 9.62 Å². The third-order valence-corrected chi connectivity index (χ3v) is 8.58. The zero-order chi connectivity index (χ0) is 28.1. The zero-order valence-electron chi connectivity index (χ0n) is 21.8. The Kier molecular flexibility index (Phi) is 8.01. The lowest BCUT2D eigenvalue weighted by Crippen LogP contribution is -2.31. The fourth-order valence-corrected chi connectivity index (χ4v) is 6.15. The summed E-state index contributed by atoms with van der Waals surface area (Å²) < 4.78 is 28.8. The molecule has 0 spiro atoms. The highest BCUT2D eigenvalue weighted by molar-refractivity contribution is 7.92. The average Bonchev–Trinajstić information content (AvgIpc) is 2.98.